The summed E-state index contributed by atoms with van der Waals surface area (Å²) in [7, 11) is 0. The van der Waals surface area contributed by atoms with E-state index in [1.54, 1.807) is 26.1 Å². The van der Waals surface area contributed by atoms with E-state index in [9.17, 15) is 4.79 Å². The van der Waals surface area contributed by atoms with E-state index < -0.39 is 11.4 Å². The Bertz CT molecular complexity index is 346. The average molecular weight is 228 g/mol. The zero-order valence-corrected chi connectivity index (χ0v) is 9.58. The maximum atomic E-state index is 10.9. The lowest BCUT2D eigenvalue weighted by atomic mass is 9.87. The molecule has 0 saturated heterocycles. The molecule has 0 bridgehead atoms. The van der Waals surface area contributed by atoms with Crippen molar-refractivity contribution in [1.82, 2.24) is 4.98 Å². The Labute approximate surface area is 94.1 Å². The normalized spacial score (nSPS) is 11.4. The smallest absolute Gasteiger partial charge is 0.309 e. The summed E-state index contributed by atoms with van der Waals surface area (Å²) in [5, 5.41) is 9.38. The first-order valence-corrected chi connectivity index (χ1v) is 5.13. The highest BCUT2D eigenvalue weighted by Gasteiger charge is 2.26. The number of aryl methyl sites for hydroxylation is 1. The van der Waals surface area contributed by atoms with Crippen LogP contribution in [-0.4, -0.2) is 16.1 Å². The number of hydrogen-bond donors (Lipinski definition) is 1. The number of pyridine rings is 1. The molecule has 1 rings (SSSR count). The van der Waals surface area contributed by atoms with Crippen molar-refractivity contribution in [2.75, 3.05) is 0 Å². The number of halogens is 1. The van der Waals surface area contributed by atoms with E-state index >= 15 is 0 Å². The Kier molecular flexibility index (Phi) is 3.69. The molecule has 1 aromatic heterocycles. The van der Waals surface area contributed by atoms with Crippen LogP contribution in [0.5, 0.6) is 0 Å². The molecule has 3 nitrogen and oxygen atoms in total. The standard InChI is InChI=1S/C11H14ClNO2/c1-11(2,10(14)15)6-5-8-3-4-9(12)13-7-8/h3-4,7H,5-6H2,1-2H3,(H,14,15). The van der Waals surface area contributed by atoms with Crippen LogP contribution in [-0.2, 0) is 11.2 Å². The summed E-state index contributed by atoms with van der Waals surface area (Å²) in [6.45, 7) is 3.44. The number of hydrogen-bond acceptors (Lipinski definition) is 2. The molecule has 0 aromatic carbocycles. The van der Waals surface area contributed by atoms with E-state index in [0.29, 0.717) is 18.0 Å². The molecule has 0 atom stereocenters. The fourth-order valence-electron chi connectivity index (χ4n) is 1.12. The summed E-state index contributed by atoms with van der Waals surface area (Å²) in [5.74, 6) is -0.774. The summed E-state index contributed by atoms with van der Waals surface area (Å²) in [5.41, 5.74) is 0.313. The number of carbonyl (C=O) groups is 1. The van der Waals surface area contributed by atoms with Gasteiger partial charge in [-0.3, -0.25) is 4.79 Å². The molecule has 82 valence electrons. The quantitative estimate of drug-likeness (QED) is 0.805. The Morgan fingerprint density at radius 2 is 2.20 bits per heavy atom. The zero-order chi connectivity index (χ0) is 11.5. The summed E-state index contributed by atoms with van der Waals surface area (Å²) < 4.78 is 0. The second-order valence-electron chi connectivity index (χ2n) is 4.18. The molecule has 1 N–H and O–H groups in total. The van der Waals surface area contributed by atoms with Crippen molar-refractivity contribution in [2.24, 2.45) is 5.41 Å². The highest BCUT2D eigenvalue weighted by atomic mass is 35.5. The fourth-order valence-corrected chi connectivity index (χ4v) is 1.23. The van der Waals surface area contributed by atoms with Crippen molar-refractivity contribution in [1.29, 1.82) is 0 Å². The molecule has 0 spiro atoms. The van der Waals surface area contributed by atoms with Crippen LogP contribution in [0, 0.1) is 5.41 Å². The Balaban J connectivity index is 2.57. The first kappa shape index (κ1) is 12.0. The second kappa shape index (κ2) is 4.62. The van der Waals surface area contributed by atoms with Crippen LogP contribution in [0.2, 0.25) is 5.15 Å². The largest absolute Gasteiger partial charge is 0.481 e. The summed E-state index contributed by atoms with van der Waals surface area (Å²) in [4.78, 5) is 14.8. The molecule has 0 aliphatic rings. The van der Waals surface area contributed by atoms with Crippen molar-refractivity contribution in [3.63, 3.8) is 0 Å². The summed E-state index contributed by atoms with van der Waals surface area (Å²) in [6, 6.07) is 3.58. The molecule has 1 aromatic rings. The first-order valence-electron chi connectivity index (χ1n) is 4.75. The Morgan fingerprint density at radius 1 is 1.53 bits per heavy atom. The zero-order valence-electron chi connectivity index (χ0n) is 8.83. The minimum atomic E-state index is -0.774. The molecule has 0 saturated carbocycles. The summed E-state index contributed by atoms with van der Waals surface area (Å²) in [6.07, 6.45) is 2.97. The molecular weight excluding hydrogens is 214 g/mol. The lowest BCUT2D eigenvalue weighted by molar-refractivity contribution is -0.147. The third-order valence-electron chi connectivity index (χ3n) is 2.41. The fraction of sp³-hybridized carbons (Fsp3) is 0.455. The van der Waals surface area contributed by atoms with Gasteiger partial charge in [-0.25, -0.2) is 4.98 Å². The molecule has 15 heavy (non-hydrogen) atoms. The molecule has 4 heteroatoms. The van der Waals surface area contributed by atoms with Crippen molar-refractivity contribution < 1.29 is 9.90 Å². The van der Waals surface area contributed by atoms with Crippen LogP contribution in [0.3, 0.4) is 0 Å². The van der Waals surface area contributed by atoms with Gasteiger partial charge in [0.05, 0.1) is 5.41 Å². The van der Waals surface area contributed by atoms with E-state index in [1.807, 2.05) is 6.07 Å². The Hall–Kier alpha value is -1.09. The monoisotopic (exact) mass is 227 g/mol. The molecule has 0 unspecified atom stereocenters. The van der Waals surface area contributed by atoms with Crippen LogP contribution < -0.4 is 0 Å². The number of nitrogens with zero attached hydrogens (tertiary/aromatic N) is 1. The van der Waals surface area contributed by atoms with Gasteiger partial charge in [-0.15, -0.1) is 0 Å². The number of carboxylic acid groups (broad SMARTS) is 1. The predicted molar refractivity (Wildman–Crippen MR) is 59.0 cm³/mol. The van der Waals surface area contributed by atoms with Crippen molar-refractivity contribution in [2.45, 2.75) is 26.7 Å². The minimum absolute atomic E-state index is 0.455. The molecule has 0 amide bonds. The molecule has 0 aliphatic heterocycles. The summed E-state index contributed by atoms with van der Waals surface area (Å²) >= 11 is 5.65. The van der Waals surface area contributed by atoms with E-state index in [-0.39, 0.29) is 0 Å². The van der Waals surface area contributed by atoms with Crippen molar-refractivity contribution >= 4 is 17.6 Å². The van der Waals surface area contributed by atoms with Crippen LogP contribution in [0.1, 0.15) is 25.8 Å². The SMILES string of the molecule is CC(C)(CCc1ccc(Cl)nc1)C(=O)O. The van der Waals surface area contributed by atoms with Gasteiger partial charge in [0.15, 0.2) is 0 Å². The third kappa shape index (κ3) is 3.51. The number of aliphatic carboxylic acids is 1. The number of carboxylic acids is 1. The molecular formula is C11H14ClNO2. The molecule has 0 fully saturated rings. The van der Waals surface area contributed by atoms with Gasteiger partial charge in [-0.2, -0.15) is 0 Å². The highest BCUT2D eigenvalue weighted by molar-refractivity contribution is 6.29. The minimum Gasteiger partial charge on any atom is -0.481 e. The van der Waals surface area contributed by atoms with Crippen LogP contribution in [0.25, 0.3) is 0 Å². The predicted octanol–water partition coefficient (Wildman–Crippen LogP) is 2.78. The molecule has 0 aliphatic carbocycles. The maximum Gasteiger partial charge on any atom is 0.309 e. The van der Waals surface area contributed by atoms with Gasteiger partial charge in [0.1, 0.15) is 5.15 Å². The molecule has 1 heterocycles. The third-order valence-corrected chi connectivity index (χ3v) is 2.63. The van der Waals surface area contributed by atoms with E-state index in [2.05, 4.69) is 4.98 Å². The first-order chi connectivity index (χ1) is 6.92. The Morgan fingerprint density at radius 3 is 2.67 bits per heavy atom. The van der Waals surface area contributed by atoms with Gasteiger partial charge in [0, 0.05) is 6.20 Å². The van der Waals surface area contributed by atoms with Crippen LogP contribution in [0.15, 0.2) is 18.3 Å². The van der Waals surface area contributed by atoms with Gasteiger partial charge >= 0.3 is 5.97 Å². The van der Waals surface area contributed by atoms with E-state index in [0.717, 1.165) is 5.56 Å². The average Bonchev–Trinajstić information content (AvgIpc) is 2.17. The highest BCUT2D eigenvalue weighted by Crippen LogP contribution is 2.23. The van der Waals surface area contributed by atoms with E-state index in [1.165, 1.54) is 0 Å². The maximum absolute atomic E-state index is 10.9. The number of aromatic nitrogens is 1. The lowest BCUT2D eigenvalue weighted by Gasteiger charge is -2.18. The molecule has 0 radical (unpaired) electrons. The van der Waals surface area contributed by atoms with Crippen LogP contribution in [0.4, 0.5) is 0 Å². The second-order valence-corrected chi connectivity index (χ2v) is 4.57. The van der Waals surface area contributed by atoms with Gasteiger partial charge in [0.25, 0.3) is 0 Å². The van der Waals surface area contributed by atoms with Crippen LogP contribution >= 0.6 is 11.6 Å². The van der Waals surface area contributed by atoms with Gasteiger partial charge < -0.3 is 5.11 Å². The number of rotatable bonds is 4. The van der Waals surface area contributed by atoms with Crippen molar-refractivity contribution in [3.05, 3.63) is 29.0 Å². The topological polar surface area (TPSA) is 50.2 Å². The lowest BCUT2D eigenvalue weighted by Crippen LogP contribution is -2.24. The van der Waals surface area contributed by atoms with Gasteiger partial charge in [-0.1, -0.05) is 17.7 Å². The van der Waals surface area contributed by atoms with E-state index in [4.69, 9.17) is 16.7 Å². The van der Waals surface area contributed by atoms with Crippen molar-refractivity contribution in [3.8, 4) is 0 Å². The van der Waals surface area contributed by atoms with Gasteiger partial charge in [-0.05, 0) is 38.3 Å². The van der Waals surface area contributed by atoms with Gasteiger partial charge in [0.2, 0.25) is 0 Å².